The summed E-state index contributed by atoms with van der Waals surface area (Å²) in [6, 6.07) is 26.7. The van der Waals surface area contributed by atoms with Crippen molar-refractivity contribution >= 4 is 43.1 Å². The molecule has 1 heterocycles. The van der Waals surface area contributed by atoms with Gasteiger partial charge in [-0.15, -0.1) is 9.24 Å². The smallest absolute Gasteiger partial charge is 0.252 e. The molecule has 0 bridgehead atoms. The molecule has 1 amide bonds. The van der Waals surface area contributed by atoms with Gasteiger partial charge in [0.1, 0.15) is 0 Å². The fraction of sp³-hybridized carbons (Fsp3) is 0.241. The molecule has 0 spiro atoms. The van der Waals surface area contributed by atoms with Gasteiger partial charge in [-0.3, -0.25) is 4.79 Å². The van der Waals surface area contributed by atoms with Crippen LogP contribution in [-0.2, 0) is 6.42 Å². The van der Waals surface area contributed by atoms with Gasteiger partial charge in [0, 0.05) is 10.9 Å². The van der Waals surface area contributed by atoms with Crippen LogP contribution >= 0.6 is 21.0 Å². The van der Waals surface area contributed by atoms with E-state index in [2.05, 4.69) is 57.2 Å². The molecule has 5 heteroatoms. The number of fused-ring (bicyclic) bond motifs is 1. The number of carbonyl (C=O) groups is 1. The van der Waals surface area contributed by atoms with Crippen LogP contribution in [0.5, 0.6) is 0 Å². The molecule has 1 aliphatic carbocycles. The average molecular weight is 485 g/mol. The van der Waals surface area contributed by atoms with E-state index < -0.39 is 0 Å². The number of benzene rings is 3. The van der Waals surface area contributed by atoms with Crippen molar-refractivity contribution in [3.8, 4) is 11.3 Å². The number of nitrogens with zero attached hydrogens (tertiary/aromatic N) is 1. The Bertz CT molecular complexity index is 1320. The van der Waals surface area contributed by atoms with Crippen LogP contribution < -0.4 is 10.6 Å². The molecular weight excluding hydrogens is 455 g/mol. The summed E-state index contributed by atoms with van der Waals surface area (Å²) in [4.78, 5) is 19.1. The van der Waals surface area contributed by atoms with Gasteiger partial charge in [-0.1, -0.05) is 66.7 Å². The highest BCUT2D eigenvalue weighted by Crippen LogP contribution is 2.41. The lowest BCUT2D eigenvalue weighted by Gasteiger charge is -2.22. The molecule has 1 aliphatic rings. The zero-order valence-electron chi connectivity index (χ0n) is 19.3. The maximum atomic E-state index is 14.1. The minimum Gasteiger partial charge on any atom is -0.345 e. The van der Waals surface area contributed by atoms with Gasteiger partial charge >= 0.3 is 0 Å². The lowest BCUT2D eigenvalue weighted by molar-refractivity contribution is 0.0932. The Morgan fingerprint density at radius 3 is 2.56 bits per heavy atom. The monoisotopic (exact) mass is 484 g/mol. The highest BCUT2D eigenvalue weighted by molar-refractivity contribution is 7.98. The Morgan fingerprint density at radius 2 is 1.82 bits per heavy atom. The largest absolute Gasteiger partial charge is 0.345 e. The minimum atomic E-state index is -0.00190. The number of para-hydroxylation sites is 1. The third-order valence-electron chi connectivity index (χ3n) is 6.47. The fourth-order valence-corrected chi connectivity index (χ4v) is 5.37. The molecule has 0 aliphatic heterocycles. The van der Waals surface area contributed by atoms with E-state index in [0.29, 0.717) is 5.92 Å². The van der Waals surface area contributed by atoms with Gasteiger partial charge in [0.25, 0.3) is 5.91 Å². The Labute approximate surface area is 208 Å². The summed E-state index contributed by atoms with van der Waals surface area (Å²) >= 11 is 1.79. The number of carbonyl (C=O) groups excluding carboxylic acids is 1. The number of amides is 1. The lowest BCUT2D eigenvalue weighted by atomic mass is 9.93. The second kappa shape index (κ2) is 10.3. The van der Waals surface area contributed by atoms with E-state index in [1.165, 1.54) is 5.56 Å². The van der Waals surface area contributed by atoms with E-state index in [1.807, 2.05) is 42.5 Å². The summed E-state index contributed by atoms with van der Waals surface area (Å²) in [5.41, 5.74) is 5.79. The molecule has 0 saturated heterocycles. The van der Waals surface area contributed by atoms with E-state index in [4.69, 9.17) is 4.98 Å². The first-order valence-electron chi connectivity index (χ1n) is 11.8. The lowest BCUT2D eigenvalue weighted by Crippen LogP contribution is -2.31. The van der Waals surface area contributed by atoms with E-state index in [-0.39, 0.29) is 11.9 Å². The molecule has 2 unspecified atom stereocenters. The summed E-state index contributed by atoms with van der Waals surface area (Å²) in [5, 5.41) is 5.50. The third kappa shape index (κ3) is 4.89. The van der Waals surface area contributed by atoms with Gasteiger partial charge < -0.3 is 5.32 Å². The second-order valence-electron chi connectivity index (χ2n) is 8.90. The highest BCUT2D eigenvalue weighted by atomic mass is 32.2. The molecule has 1 saturated carbocycles. The average Bonchev–Trinajstić information content (AvgIpc) is 3.71. The van der Waals surface area contributed by atoms with Crippen molar-refractivity contribution in [2.45, 2.75) is 25.3 Å². The standard InChI is InChI=1S/C29H29N2OPS/c1-34-17-16-24-26(29(32)31-27(20-14-15-20)21-10-7-11-22(33)18-21)23-12-5-6-13-25(23)30-28(24)19-8-3-2-4-9-19/h2-13,18,20,27H,14-17,33H2,1H3,(H,31,32). The Kier molecular flexibility index (Phi) is 6.99. The van der Waals surface area contributed by atoms with E-state index in [0.717, 1.165) is 63.6 Å². The van der Waals surface area contributed by atoms with Crippen molar-refractivity contribution < 1.29 is 4.79 Å². The normalized spacial score (nSPS) is 14.2. The predicted octanol–water partition coefficient (Wildman–Crippen LogP) is 6.19. The topological polar surface area (TPSA) is 42.0 Å². The summed E-state index contributed by atoms with van der Waals surface area (Å²) < 4.78 is 0. The van der Waals surface area contributed by atoms with E-state index in [9.17, 15) is 4.79 Å². The van der Waals surface area contributed by atoms with E-state index in [1.54, 1.807) is 11.8 Å². The van der Waals surface area contributed by atoms with Crippen molar-refractivity contribution in [1.29, 1.82) is 0 Å². The van der Waals surface area contributed by atoms with Crippen LogP contribution in [0.3, 0.4) is 0 Å². The molecule has 34 heavy (non-hydrogen) atoms. The summed E-state index contributed by atoms with van der Waals surface area (Å²) in [6.45, 7) is 0. The van der Waals surface area contributed by atoms with Crippen molar-refractivity contribution in [3.63, 3.8) is 0 Å². The fourth-order valence-electron chi connectivity index (χ4n) is 4.66. The van der Waals surface area contributed by atoms with E-state index >= 15 is 0 Å². The minimum absolute atomic E-state index is 0.00190. The zero-order valence-corrected chi connectivity index (χ0v) is 21.3. The molecule has 5 rings (SSSR count). The summed E-state index contributed by atoms with van der Waals surface area (Å²) in [5.74, 6) is 1.42. The molecule has 172 valence electrons. The van der Waals surface area contributed by atoms with Crippen LogP contribution in [-0.4, -0.2) is 22.9 Å². The highest BCUT2D eigenvalue weighted by Gasteiger charge is 2.34. The number of nitrogens with one attached hydrogen (secondary N) is 1. The first kappa shape index (κ1) is 23.1. The molecule has 4 aromatic rings. The zero-order chi connectivity index (χ0) is 23.5. The quantitative estimate of drug-likeness (QED) is 0.303. The van der Waals surface area contributed by atoms with Crippen molar-refractivity contribution in [2.75, 3.05) is 12.0 Å². The molecule has 3 nitrogen and oxygen atoms in total. The first-order chi connectivity index (χ1) is 16.7. The van der Waals surface area contributed by atoms with Gasteiger partial charge in [-0.05, 0) is 65.8 Å². The van der Waals surface area contributed by atoms with Gasteiger partial charge in [-0.25, -0.2) is 4.98 Å². The van der Waals surface area contributed by atoms with Crippen LogP contribution in [0, 0.1) is 5.92 Å². The maximum absolute atomic E-state index is 14.1. The van der Waals surface area contributed by atoms with Crippen LogP contribution in [0.2, 0.25) is 0 Å². The van der Waals surface area contributed by atoms with Crippen molar-refractivity contribution in [3.05, 3.63) is 95.6 Å². The van der Waals surface area contributed by atoms with Crippen molar-refractivity contribution in [2.24, 2.45) is 5.92 Å². The maximum Gasteiger partial charge on any atom is 0.252 e. The number of hydrogen-bond acceptors (Lipinski definition) is 3. The molecule has 1 N–H and O–H groups in total. The second-order valence-corrected chi connectivity index (χ2v) is 10.6. The number of rotatable bonds is 8. The number of aromatic nitrogens is 1. The Hall–Kier alpha value is -2.68. The summed E-state index contributed by atoms with van der Waals surface area (Å²) in [6.07, 6.45) is 5.20. The Morgan fingerprint density at radius 1 is 1.06 bits per heavy atom. The Balaban J connectivity index is 1.64. The molecular formula is C29H29N2OPS. The number of pyridine rings is 1. The molecule has 2 atom stereocenters. The van der Waals surface area contributed by atoms with Gasteiger partial charge in [0.15, 0.2) is 0 Å². The molecule has 1 fully saturated rings. The molecule has 0 radical (unpaired) electrons. The SMILES string of the molecule is CSCCc1c(-c2ccccc2)nc2ccccc2c1C(=O)NC(c1cccc(P)c1)C1CC1. The van der Waals surface area contributed by atoms with Gasteiger partial charge in [0.2, 0.25) is 0 Å². The third-order valence-corrected chi connectivity index (χ3v) is 7.45. The summed E-state index contributed by atoms with van der Waals surface area (Å²) in [7, 11) is 2.77. The molecule has 3 aromatic carbocycles. The molecule has 1 aromatic heterocycles. The van der Waals surface area contributed by atoms with Crippen LogP contribution in [0.1, 0.15) is 40.4 Å². The van der Waals surface area contributed by atoms with Crippen molar-refractivity contribution in [1.82, 2.24) is 10.3 Å². The number of thioether (sulfide) groups is 1. The van der Waals surface area contributed by atoms with Gasteiger partial charge in [0.05, 0.1) is 22.8 Å². The van der Waals surface area contributed by atoms with Crippen LogP contribution in [0.15, 0.2) is 78.9 Å². The number of hydrogen-bond donors (Lipinski definition) is 1. The van der Waals surface area contributed by atoms with Crippen LogP contribution in [0.25, 0.3) is 22.2 Å². The predicted molar refractivity (Wildman–Crippen MR) is 148 cm³/mol. The van der Waals surface area contributed by atoms with Gasteiger partial charge in [-0.2, -0.15) is 11.8 Å². The van der Waals surface area contributed by atoms with Crippen LogP contribution in [0.4, 0.5) is 0 Å². The first-order valence-corrected chi connectivity index (χ1v) is 13.7.